The van der Waals surface area contributed by atoms with Crippen molar-refractivity contribution >= 4 is 22.7 Å². The third kappa shape index (κ3) is 3.96. The van der Waals surface area contributed by atoms with Crippen molar-refractivity contribution < 1.29 is 4.39 Å². The largest absolute Gasteiger partial charge is 0.324 e. The van der Waals surface area contributed by atoms with Crippen molar-refractivity contribution in [2.24, 2.45) is 0 Å². The summed E-state index contributed by atoms with van der Waals surface area (Å²) in [6, 6.07) is 11.2. The maximum Gasteiger partial charge on any atom is 0.278 e. The Bertz CT molecular complexity index is 1430. The molecule has 0 saturated carbocycles. The summed E-state index contributed by atoms with van der Waals surface area (Å²) >= 11 is 0. The highest BCUT2D eigenvalue weighted by Crippen LogP contribution is 2.26. The van der Waals surface area contributed by atoms with E-state index in [0.717, 1.165) is 25.2 Å². The van der Waals surface area contributed by atoms with Crippen molar-refractivity contribution in [3.63, 3.8) is 0 Å². The van der Waals surface area contributed by atoms with Crippen LogP contribution >= 0.6 is 0 Å². The molecule has 9 heteroatoms. The fourth-order valence-electron chi connectivity index (χ4n) is 4.30. The van der Waals surface area contributed by atoms with Gasteiger partial charge in [0.2, 0.25) is 5.95 Å². The summed E-state index contributed by atoms with van der Waals surface area (Å²) in [5.41, 5.74) is 2.33. The third-order valence-electron chi connectivity index (χ3n) is 6.02. The summed E-state index contributed by atoms with van der Waals surface area (Å²) in [6.45, 7) is 8.57. The van der Waals surface area contributed by atoms with Gasteiger partial charge in [-0.3, -0.25) is 4.79 Å². The lowest BCUT2D eigenvalue weighted by Gasteiger charge is -2.18. The van der Waals surface area contributed by atoms with Crippen molar-refractivity contribution in [2.75, 3.05) is 11.9 Å². The molecular formula is C25H28FN7O. The highest BCUT2D eigenvalue weighted by atomic mass is 19.1. The number of nitrogens with zero attached hydrogens (tertiary/aromatic N) is 5. The van der Waals surface area contributed by atoms with Crippen LogP contribution in [-0.4, -0.2) is 30.9 Å². The maximum atomic E-state index is 14.6. The molecule has 176 valence electrons. The minimum atomic E-state index is -1.62. The van der Waals surface area contributed by atoms with Crippen molar-refractivity contribution in [2.45, 2.75) is 52.4 Å². The van der Waals surface area contributed by atoms with E-state index in [-0.39, 0.29) is 17.3 Å². The number of pyridine rings is 1. The van der Waals surface area contributed by atoms with Crippen LogP contribution in [0.3, 0.4) is 0 Å². The second-order valence-corrected chi connectivity index (χ2v) is 9.37. The first-order chi connectivity index (χ1) is 16.2. The fraction of sp³-hybridized carbons (Fsp3) is 0.360. The number of hydrogen-bond donors (Lipinski definition) is 2. The van der Waals surface area contributed by atoms with Gasteiger partial charge in [-0.1, -0.05) is 12.1 Å². The number of benzene rings is 1. The molecule has 1 aromatic carbocycles. The molecule has 0 saturated heterocycles. The van der Waals surface area contributed by atoms with Gasteiger partial charge in [0.05, 0.1) is 5.69 Å². The zero-order valence-electron chi connectivity index (χ0n) is 19.8. The molecule has 0 fully saturated rings. The first-order valence-electron chi connectivity index (χ1n) is 11.5. The van der Waals surface area contributed by atoms with Gasteiger partial charge in [-0.15, -0.1) is 0 Å². The van der Waals surface area contributed by atoms with Gasteiger partial charge in [0, 0.05) is 24.5 Å². The van der Waals surface area contributed by atoms with E-state index in [9.17, 15) is 9.18 Å². The summed E-state index contributed by atoms with van der Waals surface area (Å²) in [5.74, 6) is 0.799. The lowest BCUT2D eigenvalue weighted by atomic mass is 10.0. The Morgan fingerprint density at radius 3 is 2.74 bits per heavy atom. The van der Waals surface area contributed by atoms with Crippen LogP contribution in [0.4, 0.5) is 16.0 Å². The van der Waals surface area contributed by atoms with Crippen LogP contribution < -0.4 is 16.2 Å². The molecule has 0 bridgehead atoms. The number of fused-ring (bicyclic) bond motifs is 2. The smallest absolute Gasteiger partial charge is 0.278 e. The number of rotatable bonds is 5. The van der Waals surface area contributed by atoms with Crippen molar-refractivity contribution in [1.29, 1.82) is 0 Å². The first kappa shape index (κ1) is 22.2. The molecule has 0 amide bonds. The number of nitrogens with one attached hydrogen (secondary N) is 2. The lowest BCUT2D eigenvalue weighted by Crippen LogP contribution is -2.25. The minimum Gasteiger partial charge on any atom is -0.324 e. The van der Waals surface area contributed by atoms with Crippen LogP contribution in [0.1, 0.15) is 50.6 Å². The average molecular weight is 462 g/mol. The highest BCUT2D eigenvalue weighted by Gasteiger charge is 2.24. The normalized spacial score (nSPS) is 13.9. The zero-order valence-corrected chi connectivity index (χ0v) is 19.8. The molecule has 0 atom stereocenters. The quantitative estimate of drug-likeness (QED) is 0.464. The summed E-state index contributed by atoms with van der Waals surface area (Å²) in [7, 11) is 0. The SMILES string of the molecule is CC(C)n1c(=O)c2cnc(Nc3ccc4c(c3)CCNC4)nc2n1-c1cccc(C(C)(C)F)n1. The Labute approximate surface area is 196 Å². The van der Waals surface area contributed by atoms with Crippen LogP contribution in [0, 0.1) is 0 Å². The Balaban J connectivity index is 1.63. The van der Waals surface area contributed by atoms with E-state index >= 15 is 0 Å². The molecule has 5 rings (SSSR count). The molecule has 0 aliphatic carbocycles. The maximum absolute atomic E-state index is 14.6. The third-order valence-corrected chi connectivity index (χ3v) is 6.02. The number of aromatic nitrogens is 5. The first-order valence-corrected chi connectivity index (χ1v) is 11.5. The van der Waals surface area contributed by atoms with Crippen molar-refractivity contribution in [3.05, 3.63) is 69.8 Å². The second-order valence-electron chi connectivity index (χ2n) is 9.37. The van der Waals surface area contributed by atoms with Gasteiger partial charge in [0.15, 0.2) is 11.5 Å². The van der Waals surface area contributed by atoms with E-state index in [1.165, 1.54) is 31.2 Å². The highest BCUT2D eigenvalue weighted by molar-refractivity contribution is 5.77. The van der Waals surface area contributed by atoms with E-state index < -0.39 is 5.67 Å². The van der Waals surface area contributed by atoms with E-state index in [4.69, 9.17) is 0 Å². The molecule has 0 unspecified atom stereocenters. The molecule has 8 nitrogen and oxygen atoms in total. The van der Waals surface area contributed by atoms with Gasteiger partial charge in [0.1, 0.15) is 11.1 Å². The van der Waals surface area contributed by atoms with Crippen molar-refractivity contribution in [1.82, 2.24) is 29.6 Å². The summed E-state index contributed by atoms with van der Waals surface area (Å²) < 4.78 is 17.9. The molecule has 0 spiro atoms. The number of alkyl halides is 1. The van der Waals surface area contributed by atoms with Gasteiger partial charge in [0.25, 0.3) is 5.56 Å². The molecule has 4 heterocycles. The average Bonchev–Trinajstić information content (AvgIpc) is 3.10. The van der Waals surface area contributed by atoms with Gasteiger partial charge < -0.3 is 10.6 Å². The lowest BCUT2D eigenvalue weighted by molar-refractivity contribution is 0.214. The van der Waals surface area contributed by atoms with Gasteiger partial charge in [-0.2, -0.15) is 4.98 Å². The van der Waals surface area contributed by atoms with Crippen molar-refractivity contribution in [3.8, 4) is 5.82 Å². The van der Waals surface area contributed by atoms with E-state index in [1.807, 2.05) is 19.9 Å². The minimum absolute atomic E-state index is 0.170. The van der Waals surface area contributed by atoms with Crippen LogP contribution in [-0.2, 0) is 18.6 Å². The summed E-state index contributed by atoms with van der Waals surface area (Å²) in [4.78, 5) is 26.8. The summed E-state index contributed by atoms with van der Waals surface area (Å²) in [5, 5.41) is 7.02. The number of halogens is 1. The van der Waals surface area contributed by atoms with Gasteiger partial charge >= 0.3 is 0 Å². The topological polar surface area (TPSA) is 89.7 Å². The number of anilines is 2. The van der Waals surface area contributed by atoms with E-state index in [1.54, 1.807) is 27.6 Å². The summed E-state index contributed by atoms with van der Waals surface area (Å²) in [6.07, 6.45) is 2.50. The second kappa shape index (κ2) is 8.32. The van der Waals surface area contributed by atoms with Gasteiger partial charge in [-0.05, 0) is 76.1 Å². The molecule has 34 heavy (non-hydrogen) atoms. The zero-order chi connectivity index (χ0) is 24.0. The molecule has 1 aliphatic heterocycles. The Hall–Kier alpha value is -3.59. The standard InChI is InChI=1S/C25H28FN7O/c1-15(2)32-23(34)19-14-28-24(29-18-9-8-17-13-27-11-10-16(17)12-18)31-22(19)33(32)21-7-5-6-20(30-21)25(3,4)26/h5-9,12,14-15,27H,10-11,13H2,1-4H3,(H,28,29,31). The molecule has 3 aromatic heterocycles. The van der Waals surface area contributed by atoms with Crippen LogP contribution in [0.25, 0.3) is 16.9 Å². The van der Waals surface area contributed by atoms with Gasteiger partial charge in [-0.25, -0.2) is 23.7 Å². The molecule has 4 aromatic rings. The monoisotopic (exact) mass is 461 g/mol. The Morgan fingerprint density at radius 2 is 1.97 bits per heavy atom. The predicted molar refractivity (Wildman–Crippen MR) is 131 cm³/mol. The van der Waals surface area contributed by atoms with Crippen LogP contribution in [0.5, 0.6) is 0 Å². The van der Waals surface area contributed by atoms with Crippen LogP contribution in [0.2, 0.25) is 0 Å². The number of hydrogen-bond acceptors (Lipinski definition) is 6. The van der Waals surface area contributed by atoms with E-state index in [0.29, 0.717) is 22.8 Å². The fourth-order valence-corrected chi connectivity index (χ4v) is 4.30. The molecular weight excluding hydrogens is 433 g/mol. The molecule has 0 radical (unpaired) electrons. The van der Waals surface area contributed by atoms with Crippen LogP contribution in [0.15, 0.2) is 47.4 Å². The predicted octanol–water partition coefficient (Wildman–Crippen LogP) is 4.15. The Kier molecular flexibility index (Phi) is 5.44. The molecule has 2 N–H and O–H groups in total. The van der Waals surface area contributed by atoms with E-state index in [2.05, 4.69) is 37.7 Å². The molecule has 1 aliphatic rings. The Morgan fingerprint density at radius 1 is 1.15 bits per heavy atom.